The number of nitrogens with one attached hydrogen (secondary N) is 2. The molecule has 1 aliphatic carbocycles. The van der Waals surface area contributed by atoms with Gasteiger partial charge in [0, 0.05) is 13.6 Å². The predicted octanol–water partition coefficient (Wildman–Crippen LogP) is 1.18. The summed E-state index contributed by atoms with van der Waals surface area (Å²) in [7, 11) is 1.60. The fourth-order valence-corrected chi connectivity index (χ4v) is 2.73. The molecule has 1 aromatic carbocycles. The van der Waals surface area contributed by atoms with Crippen LogP contribution < -0.4 is 10.6 Å². The lowest BCUT2D eigenvalue weighted by atomic mass is 9.76. The molecule has 2 N–H and O–H groups in total. The lowest BCUT2D eigenvalue weighted by Crippen LogP contribution is -2.60. The van der Waals surface area contributed by atoms with Crippen LogP contribution in [0.2, 0.25) is 0 Å². The predicted molar refractivity (Wildman–Crippen MR) is 83.7 cm³/mol. The summed E-state index contributed by atoms with van der Waals surface area (Å²) in [4.78, 5) is 25.6. The fourth-order valence-electron chi connectivity index (χ4n) is 2.73. The van der Waals surface area contributed by atoms with Gasteiger partial charge in [-0.25, -0.2) is 8.78 Å². The van der Waals surface area contributed by atoms with Crippen molar-refractivity contribution < 1.29 is 18.4 Å². The van der Waals surface area contributed by atoms with E-state index >= 15 is 0 Å². The number of hydrogen-bond donors (Lipinski definition) is 2. The van der Waals surface area contributed by atoms with Gasteiger partial charge in [-0.1, -0.05) is 6.07 Å². The van der Waals surface area contributed by atoms with Gasteiger partial charge in [0.25, 0.3) is 11.8 Å². The Labute approximate surface area is 142 Å². The topological polar surface area (TPSA) is 88.9 Å². The van der Waals surface area contributed by atoms with Crippen molar-refractivity contribution in [2.75, 3.05) is 6.54 Å². The molecule has 1 fully saturated rings. The highest BCUT2D eigenvalue weighted by atomic mass is 19.2. The molecule has 2 amide bonds. The average Bonchev–Trinajstić information content (AvgIpc) is 2.98. The highest BCUT2D eigenvalue weighted by Gasteiger charge is 2.39. The number of aromatic nitrogens is 3. The Balaban J connectivity index is 1.65. The van der Waals surface area contributed by atoms with Crippen LogP contribution in [-0.4, -0.2) is 38.9 Å². The van der Waals surface area contributed by atoms with Gasteiger partial charge in [-0.05, 0) is 31.4 Å². The first kappa shape index (κ1) is 17.0. The standard InChI is InChI=1S/C16H17F2N5O2/c1-23-20-8-12(22-23)15(25)21-16(6-3-7-16)9-19-14(24)10-4-2-5-11(17)13(10)18/h2,4-5,8H,3,6-7,9H2,1H3,(H,19,24)(H,21,25). The number of carbonyl (C=O) groups is 2. The van der Waals surface area contributed by atoms with Gasteiger partial charge >= 0.3 is 0 Å². The molecular weight excluding hydrogens is 332 g/mol. The maximum absolute atomic E-state index is 13.7. The van der Waals surface area contributed by atoms with Crippen LogP contribution in [0.3, 0.4) is 0 Å². The van der Waals surface area contributed by atoms with Gasteiger partial charge in [-0.3, -0.25) is 9.59 Å². The minimum Gasteiger partial charge on any atom is -0.350 e. The highest BCUT2D eigenvalue weighted by molar-refractivity contribution is 5.95. The summed E-state index contributed by atoms with van der Waals surface area (Å²) in [6.07, 6.45) is 3.59. The van der Waals surface area contributed by atoms with Crippen LogP contribution in [0.15, 0.2) is 24.4 Å². The van der Waals surface area contributed by atoms with Crippen molar-refractivity contribution in [3.05, 3.63) is 47.3 Å². The molecule has 7 nitrogen and oxygen atoms in total. The van der Waals surface area contributed by atoms with Gasteiger partial charge in [0.15, 0.2) is 17.3 Å². The van der Waals surface area contributed by atoms with E-state index < -0.39 is 23.1 Å². The third-order valence-corrected chi connectivity index (χ3v) is 4.31. The molecule has 132 valence electrons. The second-order valence-corrected chi connectivity index (χ2v) is 6.09. The molecule has 0 bridgehead atoms. The monoisotopic (exact) mass is 349 g/mol. The molecule has 1 aliphatic rings. The number of amides is 2. The maximum Gasteiger partial charge on any atom is 0.273 e. The first-order valence-electron chi connectivity index (χ1n) is 7.81. The van der Waals surface area contributed by atoms with E-state index in [1.807, 2.05) is 0 Å². The molecular formula is C16H17F2N5O2. The first-order valence-corrected chi connectivity index (χ1v) is 7.81. The molecule has 3 rings (SSSR count). The lowest BCUT2D eigenvalue weighted by molar-refractivity contribution is 0.0783. The molecule has 0 unspecified atom stereocenters. The number of hydrogen-bond acceptors (Lipinski definition) is 4. The van der Waals surface area contributed by atoms with Gasteiger partial charge in [0.2, 0.25) is 0 Å². The molecule has 1 aromatic heterocycles. The Kier molecular flexibility index (Phi) is 4.47. The van der Waals surface area contributed by atoms with Crippen LogP contribution in [0.4, 0.5) is 8.78 Å². The Hall–Kier alpha value is -2.84. The van der Waals surface area contributed by atoms with Crippen molar-refractivity contribution in [3.63, 3.8) is 0 Å². The van der Waals surface area contributed by atoms with E-state index in [0.29, 0.717) is 12.8 Å². The van der Waals surface area contributed by atoms with E-state index in [2.05, 4.69) is 20.8 Å². The van der Waals surface area contributed by atoms with Crippen molar-refractivity contribution in [2.45, 2.75) is 24.8 Å². The van der Waals surface area contributed by atoms with Crippen LogP contribution in [-0.2, 0) is 7.05 Å². The molecule has 0 saturated heterocycles. The van der Waals surface area contributed by atoms with Gasteiger partial charge < -0.3 is 10.6 Å². The third-order valence-electron chi connectivity index (χ3n) is 4.31. The first-order chi connectivity index (χ1) is 11.9. The summed E-state index contributed by atoms with van der Waals surface area (Å²) in [5.41, 5.74) is -0.806. The van der Waals surface area contributed by atoms with Crippen LogP contribution >= 0.6 is 0 Å². The SMILES string of the molecule is Cn1ncc(C(=O)NC2(CNC(=O)c3cccc(F)c3F)CCC2)n1. The summed E-state index contributed by atoms with van der Waals surface area (Å²) < 4.78 is 26.9. The van der Waals surface area contributed by atoms with Crippen LogP contribution in [0, 0.1) is 11.6 Å². The highest BCUT2D eigenvalue weighted by Crippen LogP contribution is 2.31. The van der Waals surface area contributed by atoms with Crippen LogP contribution in [0.5, 0.6) is 0 Å². The quantitative estimate of drug-likeness (QED) is 0.848. The molecule has 0 aliphatic heterocycles. The van der Waals surface area contributed by atoms with Crippen molar-refractivity contribution >= 4 is 11.8 Å². The zero-order chi connectivity index (χ0) is 18.0. The van der Waals surface area contributed by atoms with E-state index in [1.54, 1.807) is 7.05 Å². The Bertz CT molecular complexity index is 817. The molecule has 9 heteroatoms. The Morgan fingerprint density at radius 3 is 2.64 bits per heavy atom. The molecule has 2 aromatic rings. The van der Waals surface area contributed by atoms with E-state index in [4.69, 9.17) is 0 Å². The maximum atomic E-state index is 13.7. The summed E-state index contributed by atoms with van der Waals surface area (Å²) in [6, 6.07) is 3.42. The lowest BCUT2D eigenvalue weighted by Gasteiger charge is -2.42. The largest absolute Gasteiger partial charge is 0.350 e. The van der Waals surface area contributed by atoms with E-state index in [9.17, 15) is 18.4 Å². The normalized spacial score (nSPS) is 15.3. The van der Waals surface area contributed by atoms with E-state index in [-0.39, 0.29) is 23.7 Å². The number of nitrogens with zero attached hydrogens (tertiary/aromatic N) is 3. The van der Waals surface area contributed by atoms with Gasteiger partial charge in [-0.2, -0.15) is 9.90 Å². The summed E-state index contributed by atoms with van der Waals surface area (Å²) >= 11 is 0. The zero-order valence-corrected chi connectivity index (χ0v) is 13.6. The number of benzene rings is 1. The van der Waals surface area contributed by atoms with Crippen LogP contribution in [0.1, 0.15) is 40.1 Å². The van der Waals surface area contributed by atoms with Crippen molar-refractivity contribution in [2.24, 2.45) is 7.05 Å². The number of rotatable bonds is 5. The van der Waals surface area contributed by atoms with Crippen molar-refractivity contribution in [1.29, 1.82) is 0 Å². The molecule has 0 atom stereocenters. The summed E-state index contributed by atoms with van der Waals surface area (Å²) in [5, 5.41) is 13.2. The minimum atomic E-state index is -1.19. The van der Waals surface area contributed by atoms with Crippen molar-refractivity contribution in [1.82, 2.24) is 25.6 Å². The number of aryl methyl sites for hydroxylation is 1. The minimum absolute atomic E-state index is 0.119. The molecule has 0 radical (unpaired) electrons. The van der Waals surface area contributed by atoms with Gasteiger partial charge in [-0.15, -0.1) is 5.10 Å². The van der Waals surface area contributed by atoms with E-state index in [0.717, 1.165) is 12.5 Å². The molecule has 1 heterocycles. The molecule has 0 spiro atoms. The molecule has 1 saturated carbocycles. The third kappa shape index (κ3) is 3.49. The fraction of sp³-hybridized carbons (Fsp3) is 0.375. The summed E-state index contributed by atoms with van der Waals surface area (Å²) in [6.45, 7) is 0.119. The van der Waals surface area contributed by atoms with Gasteiger partial charge in [0.1, 0.15) is 0 Å². The average molecular weight is 349 g/mol. The number of halogens is 2. The van der Waals surface area contributed by atoms with Crippen LogP contribution in [0.25, 0.3) is 0 Å². The van der Waals surface area contributed by atoms with E-state index in [1.165, 1.54) is 23.1 Å². The number of carbonyl (C=O) groups excluding carboxylic acids is 2. The second kappa shape index (κ2) is 6.58. The Morgan fingerprint density at radius 1 is 1.28 bits per heavy atom. The van der Waals surface area contributed by atoms with Gasteiger partial charge in [0.05, 0.1) is 17.3 Å². The zero-order valence-electron chi connectivity index (χ0n) is 13.6. The van der Waals surface area contributed by atoms with Crippen molar-refractivity contribution in [3.8, 4) is 0 Å². The Morgan fingerprint density at radius 2 is 2.04 bits per heavy atom. The summed E-state index contributed by atoms with van der Waals surface area (Å²) in [5.74, 6) is -3.38. The second-order valence-electron chi connectivity index (χ2n) is 6.09. The molecule has 25 heavy (non-hydrogen) atoms. The smallest absolute Gasteiger partial charge is 0.273 e.